The molecule has 3 heteroatoms. The van der Waals surface area contributed by atoms with Crippen molar-refractivity contribution in [1.82, 2.24) is 0 Å². The molecule has 2 atom stereocenters. The summed E-state index contributed by atoms with van der Waals surface area (Å²) in [6.45, 7) is 0.743. The Morgan fingerprint density at radius 3 is 2.94 bits per heavy atom. The van der Waals surface area contributed by atoms with Gasteiger partial charge in [-0.3, -0.25) is 0 Å². The fraction of sp³-hybridized carbons (Fsp3) is 0.571. The zero-order chi connectivity index (χ0) is 11.9. The second kappa shape index (κ2) is 4.07. The minimum atomic E-state index is -0.297. The first-order valence-electron chi connectivity index (χ1n) is 6.32. The fourth-order valence-corrected chi connectivity index (χ4v) is 2.90. The van der Waals surface area contributed by atoms with Crippen LogP contribution in [0.15, 0.2) is 24.3 Å². The van der Waals surface area contributed by atoms with Gasteiger partial charge in [-0.05, 0) is 49.3 Å². The lowest BCUT2D eigenvalue weighted by molar-refractivity contribution is 0.0626. The summed E-state index contributed by atoms with van der Waals surface area (Å²) in [7, 11) is 0. The smallest absolute Gasteiger partial charge is 0.123 e. The quantitative estimate of drug-likeness (QED) is 0.872. The lowest BCUT2D eigenvalue weighted by Gasteiger charge is -2.30. The third-order valence-electron chi connectivity index (χ3n) is 3.90. The average Bonchev–Trinajstić information content (AvgIpc) is 3.03. The van der Waals surface area contributed by atoms with E-state index in [4.69, 9.17) is 10.5 Å². The van der Waals surface area contributed by atoms with Crippen molar-refractivity contribution in [1.29, 1.82) is 0 Å². The van der Waals surface area contributed by atoms with E-state index in [2.05, 4.69) is 0 Å². The molecule has 1 aliphatic carbocycles. The molecule has 2 N–H and O–H groups in total. The van der Waals surface area contributed by atoms with Gasteiger partial charge in [-0.25, -0.2) is 4.39 Å². The van der Waals surface area contributed by atoms with Crippen LogP contribution in [-0.2, 0) is 11.2 Å². The maximum absolute atomic E-state index is 13.2. The zero-order valence-electron chi connectivity index (χ0n) is 9.86. The Kier molecular flexibility index (Phi) is 2.68. The number of halogens is 1. The van der Waals surface area contributed by atoms with Crippen molar-refractivity contribution in [3.8, 4) is 0 Å². The molecule has 2 fully saturated rings. The topological polar surface area (TPSA) is 35.2 Å². The third kappa shape index (κ3) is 2.22. The molecule has 0 bridgehead atoms. The molecule has 1 aromatic carbocycles. The largest absolute Gasteiger partial charge is 0.376 e. The fourth-order valence-electron chi connectivity index (χ4n) is 2.90. The molecule has 2 unspecified atom stereocenters. The second-order valence-electron chi connectivity index (χ2n) is 5.42. The average molecular weight is 235 g/mol. The molecule has 0 spiro atoms. The maximum atomic E-state index is 13.2. The van der Waals surface area contributed by atoms with Crippen LogP contribution in [0.2, 0.25) is 0 Å². The summed E-state index contributed by atoms with van der Waals surface area (Å²) in [5, 5.41) is 0. The first-order valence-corrected chi connectivity index (χ1v) is 6.32. The highest BCUT2D eigenvalue weighted by atomic mass is 19.1. The molecule has 3 rings (SSSR count). The van der Waals surface area contributed by atoms with Crippen LogP contribution in [0.1, 0.15) is 24.8 Å². The molecule has 1 saturated carbocycles. The van der Waals surface area contributed by atoms with Crippen LogP contribution in [0, 0.1) is 11.7 Å². The Morgan fingerprint density at radius 1 is 1.41 bits per heavy atom. The van der Waals surface area contributed by atoms with Crippen LogP contribution in [0.4, 0.5) is 4.39 Å². The van der Waals surface area contributed by atoms with Gasteiger partial charge in [0.25, 0.3) is 0 Å². The van der Waals surface area contributed by atoms with E-state index in [1.54, 1.807) is 12.1 Å². The summed E-state index contributed by atoms with van der Waals surface area (Å²) in [6.07, 6.45) is 4.22. The van der Waals surface area contributed by atoms with E-state index >= 15 is 0 Å². The van der Waals surface area contributed by atoms with Gasteiger partial charge in [-0.1, -0.05) is 12.1 Å². The lowest BCUT2D eigenvalue weighted by Crippen LogP contribution is -2.50. The van der Waals surface area contributed by atoms with Crippen molar-refractivity contribution >= 4 is 0 Å². The molecule has 1 aliphatic heterocycles. The standard InChI is InChI=1S/C14H18FNO/c15-12-3-1-2-10(8-12)9-14(16)6-7-17-13(14)11-4-5-11/h1-3,8,11,13H,4-7,9,16H2. The number of hydrogen-bond acceptors (Lipinski definition) is 2. The summed E-state index contributed by atoms with van der Waals surface area (Å²) >= 11 is 0. The second-order valence-corrected chi connectivity index (χ2v) is 5.42. The summed E-state index contributed by atoms with van der Waals surface area (Å²) in [4.78, 5) is 0. The predicted molar refractivity (Wildman–Crippen MR) is 64.1 cm³/mol. The van der Waals surface area contributed by atoms with Crippen molar-refractivity contribution in [2.75, 3.05) is 6.61 Å². The van der Waals surface area contributed by atoms with Gasteiger partial charge in [0.1, 0.15) is 5.82 Å². The molecule has 0 amide bonds. The molecule has 1 saturated heterocycles. The normalized spacial score (nSPS) is 32.9. The minimum Gasteiger partial charge on any atom is -0.376 e. The zero-order valence-corrected chi connectivity index (χ0v) is 9.86. The number of rotatable bonds is 3. The van der Waals surface area contributed by atoms with Crippen molar-refractivity contribution in [3.05, 3.63) is 35.6 Å². The van der Waals surface area contributed by atoms with Gasteiger partial charge in [0.2, 0.25) is 0 Å². The van der Waals surface area contributed by atoms with E-state index in [1.165, 1.54) is 18.9 Å². The predicted octanol–water partition coefficient (Wildman–Crippen LogP) is 2.26. The molecule has 17 heavy (non-hydrogen) atoms. The Labute approximate surface area is 101 Å². The van der Waals surface area contributed by atoms with E-state index in [-0.39, 0.29) is 17.5 Å². The first-order chi connectivity index (χ1) is 8.17. The van der Waals surface area contributed by atoms with Crippen LogP contribution < -0.4 is 5.73 Å². The molecular weight excluding hydrogens is 217 g/mol. The highest BCUT2D eigenvalue weighted by molar-refractivity contribution is 5.21. The van der Waals surface area contributed by atoms with E-state index in [1.807, 2.05) is 6.07 Å². The number of hydrogen-bond donors (Lipinski definition) is 1. The van der Waals surface area contributed by atoms with Crippen LogP contribution in [0.25, 0.3) is 0 Å². The monoisotopic (exact) mass is 235 g/mol. The molecule has 2 nitrogen and oxygen atoms in total. The number of nitrogens with two attached hydrogens (primary N) is 1. The Balaban J connectivity index is 1.78. The SMILES string of the molecule is NC1(Cc2cccc(F)c2)CCOC1C1CC1. The number of ether oxygens (including phenoxy) is 1. The molecule has 1 heterocycles. The van der Waals surface area contributed by atoms with Gasteiger partial charge in [-0.2, -0.15) is 0 Å². The maximum Gasteiger partial charge on any atom is 0.123 e. The summed E-state index contributed by atoms with van der Waals surface area (Å²) in [5.74, 6) is 0.448. The first kappa shape index (κ1) is 11.2. The summed E-state index contributed by atoms with van der Waals surface area (Å²) in [5.41, 5.74) is 7.16. The van der Waals surface area contributed by atoms with Gasteiger partial charge < -0.3 is 10.5 Å². The Hall–Kier alpha value is -0.930. The minimum absolute atomic E-state index is 0.172. The van der Waals surface area contributed by atoms with Crippen molar-refractivity contribution < 1.29 is 9.13 Å². The van der Waals surface area contributed by atoms with Gasteiger partial charge in [0.15, 0.2) is 0 Å². The Morgan fingerprint density at radius 2 is 2.24 bits per heavy atom. The van der Waals surface area contributed by atoms with Crippen molar-refractivity contribution in [3.63, 3.8) is 0 Å². The van der Waals surface area contributed by atoms with E-state index in [9.17, 15) is 4.39 Å². The molecule has 0 radical (unpaired) electrons. The molecule has 92 valence electrons. The Bertz CT molecular complexity index is 418. The van der Waals surface area contributed by atoms with Crippen LogP contribution in [0.5, 0.6) is 0 Å². The summed E-state index contributed by atoms with van der Waals surface area (Å²) < 4.78 is 18.9. The molecule has 1 aromatic rings. The van der Waals surface area contributed by atoms with Gasteiger partial charge in [0.05, 0.1) is 6.10 Å². The van der Waals surface area contributed by atoms with E-state index in [0.717, 1.165) is 18.6 Å². The number of benzene rings is 1. The van der Waals surface area contributed by atoms with Gasteiger partial charge in [-0.15, -0.1) is 0 Å². The molecular formula is C14H18FNO. The van der Waals surface area contributed by atoms with Crippen LogP contribution in [-0.4, -0.2) is 18.2 Å². The van der Waals surface area contributed by atoms with Crippen molar-refractivity contribution in [2.45, 2.75) is 37.3 Å². The van der Waals surface area contributed by atoms with E-state index in [0.29, 0.717) is 12.3 Å². The lowest BCUT2D eigenvalue weighted by atomic mass is 9.83. The molecule has 0 aromatic heterocycles. The van der Waals surface area contributed by atoms with E-state index < -0.39 is 0 Å². The third-order valence-corrected chi connectivity index (χ3v) is 3.90. The van der Waals surface area contributed by atoms with Gasteiger partial charge in [0, 0.05) is 12.1 Å². The van der Waals surface area contributed by atoms with Crippen LogP contribution >= 0.6 is 0 Å². The van der Waals surface area contributed by atoms with Gasteiger partial charge >= 0.3 is 0 Å². The highest BCUT2D eigenvalue weighted by Gasteiger charge is 2.48. The van der Waals surface area contributed by atoms with Crippen molar-refractivity contribution in [2.24, 2.45) is 11.7 Å². The summed E-state index contributed by atoms with van der Waals surface area (Å²) in [6, 6.07) is 6.74. The highest BCUT2D eigenvalue weighted by Crippen LogP contribution is 2.43. The van der Waals surface area contributed by atoms with Crippen LogP contribution in [0.3, 0.4) is 0 Å². The molecule has 2 aliphatic rings.